The van der Waals surface area contributed by atoms with Gasteiger partial charge in [0.15, 0.2) is 0 Å². The number of aliphatic hydroxyl groups is 1. The zero-order chi connectivity index (χ0) is 9.84. The molecule has 0 unspecified atom stereocenters. The fourth-order valence-electron chi connectivity index (χ4n) is 0.921. The van der Waals surface area contributed by atoms with Gasteiger partial charge in [-0.1, -0.05) is 11.3 Å². The van der Waals surface area contributed by atoms with E-state index in [1.54, 1.807) is 6.07 Å². The Kier molecular flexibility index (Phi) is 3.35. The van der Waals surface area contributed by atoms with Gasteiger partial charge in [0.05, 0.1) is 4.92 Å². The first-order valence-electron chi connectivity index (χ1n) is 3.75. The van der Waals surface area contributed by atoms with Crippen molar-refractivity contribution in [3.05, 3.63) is 27.1 Å². The molecule has 1 aromatic rings. The highest BCUT2D eigenvalue weighted by Crippen LogP contribution is 2.28. The topological polar surface area (TPSA) is 89.4 Å². The smallest absolute Gasteiger partial charge is 0.324 e. The molecule has 0 aliphatic rings. The lowest BCUT2D eigenvalue weighted by molar-refractivity contribution is -0.380. The van der Waals surface area contributed by atoms with Crippen LogP contribution in [0.4, 0.5) is 5.00 Å². The highest BCUT2D eigenvalue weighted by molar-refractivity contribution is 7.15. The molecule has 1 rings (SSSR count). The second kappa shape index (κ2) is 4.31. The maximum Gasteiger partial charge on any atom is 0.324 e. The quantitative estimate of drug-likeness (QED) is 0.563. The second-order valence-electron chi connectivity index (χ2n) is 2.55. The summed E-state index contributed by atoms with van der Waals surface area (Å²) in [6.45, 7) is -0.00708. The van der Waals surface area contributed by atoms with Gasteiger partial charge in [0.2, 0.25) is 0 Å². The van der Waals surface area contributed by atoms with Crippen molar-refractivity contribution in [3.63, 3.8) is 0 Å². The maximum absolute atomic E-state index is 10.3. The highest BCUT2D eigenvalue weighted by atomic mass is 32.1. The van der Waals surface area contributed by atoms with Crippen molar-refractivity contribution in [2.45, 2.75) is 12.5 Å². The van der Waals surface area contributed by atoms with Crippen LogP contribution in [0.25, 0.3) is 0 Å². The number of nitro groups is 1. The molecule has 1 heterocycles. The third-order valence-electron chi connectivity index (χ3n) is 1.60. The molecule has 0 aliphatic heterocycles. The summed E-state index contributed by atoms with van der Waals surface area (Å²) in [4.78, 5) is 10.6. The van der Waals surface area contributed by atoms with Crippen LogP contribution in [0.1, 0.15) is 17.3 Å². The molecule has 0 saturated carbocycles. The van der Waals surface area contributed by atoms with Crippen LogP contribution in [0.3, 0.4) is 0 Å². The number of nitrogens with two attached hydrogens (primary N) is 1. The summed E-state index contributed by atoms with van der Waals surface area (Å²) in [6, 6.07) is 2.75. The van der Waals surface area contributed by atoms with E-state index in [-0.39, 0.29) is 17.6 Å². The third-order valence-corrected chi connectivity index (χ3v) is 2.77. The summed E-state index contributed by atoms with van der Waals surface area (Å²) >= 11 is 1.05. The number of hydrogen-bond donors (Lipinski definition) is 2. The number of thiophene rings is 1. The first kappa shape index (κ1) is 10.1. The molecule has 0 fully saturated rings. The molecule has 0 aliphatic carbocycles. The summed E-state index contributed by atoms with van der Waals surface area (Å²) in [7, 11) is 0. The van der Waals surface area contributed by atoms with E-state index in [2.05, 4.69) is 0 Å². The molecule has 1 aromatic heterocycles. The van der Waals surface area contributed by atoms with Crippen LogP contribution in [0.2, 0.25) is 0 Å². The summed E-state index contributed by atoms with van der Waals surface area (Å²) in [5, 5.41) is 19.0. The predicted molar refractivity (Wildman–Crippen MR) is 49.6 cm³/mol. The Balaban J connectivity index is 2.73. The second-order valence-corrected chi connectivity index (χ2v) is 3.65. The Hall–Kier alpha value is -0.980. The molecule has 3 N–H and O–H groups in total. The van der Waals surface area contributed by atoms with Crippen LogP contribution >= 0.6 is 11.3 Å². The molecule has 0 amide bonds. The summed E-state index contributed by atoms with van der Waals surface area (Å²) < 4.78 is 0. The molecule has 5 nitrogen and oxygen atoms in total. The van der Waals surface area contributed by atoms with Crippen LogP contribution in [-0.2, 0) is 0 Å². The number of aliphatic hydroxyl groups excluding tert-OH is 1. The SMILES string of the molecule is N[C@H](CCO)c1ccc([N+](=O)[O-])s1. The van der Waals surface area contributed by atoms with E-state index >= 15 is 0 Å². The van der Waals surface area contributed by atoms with Crippen LogP contribution < -0.4 is 5.73 Å². The lowest BCUT2D eigenvalue weighted by Gasteiger charge is -2.04. The third kappa shape index (κ3) is 2.48. The van der Waals surface area contributed by atoms with Gasteiger partial charge in [0.25, 0.3) is 0 Å². The van der Waals surface area contributed by atoms with Crippen LogP contribution in [0.5, 0.6) is 0 Å². The van der Waals surface area contributed by atoms with Crippen molar-refractivity contribution < 1.29 is 10.0 Å². The van der Waals surface area contributed by atoms with Gasteiger partial charge in [-0.05, 0) is 12.5 Å². The molecule has 6 heteroatoms. The van der Waals surface area contributed by atoms with Gasteiger partial charge >= 0.3 is 5.00 Å². The Morgan fingerprint density at radius 1 is 1.69 bits per heavy atom. The van der Waals surface area contributed by atoms with E-state index in [1.807, 2.05) is 0 Å². The van der Waals surface area contributed by atoms with Crippen molar-refractivity contribution in [2.24, 2.45) is 5.73 Å². The summed E-state index contributed by atoms with van der Waals surface area (Å²) in [5.74, 6) is 0. The highest BCUT2D eigenvalue weighted by Gasteiger charge is 2.13. The van der Waals surface area contributed by atoms with E-state index in [4.69, 9.17) is 10.8 Å². The van der Waals surface area contributed by atoms with Crippen molar-refractivity contribution >= 4 is 16.3 Å². The van der Waals surface area contributed by atoms with Crippen molar-refractivity contribution in [1.82, 2.24) is 0 Å². The first-order valence-corrected chi connectivity index (χ1v) is 4.57. The zero-order valence-corrected chi connectivity index (χ0v) is 7.66. The van der Waals surface area contributed by atoms with Crippen LogP contribution in [0, 0.1) is 10.1 Å². The fraction of sp³-hybridized carbons (Fsp3) is 0.429. The Labute approximate surface area is 79.0 Å². The van der Waals surface area contributed by atoms with Crippen molar-refractivity contribution in [3.8, 4) is 0 Å². The molecule has 13 heavy (non-hydrogen) atoms. The average Bonchev–Trinajstić information content (AvgIpc) is 2.52. The lowest BCUT2D eigenvalue weighted by atomic mass is 10.2. The molecule has 1 atom stereocenters. The standard InChI is InChI=1S/C7H10N2O3S/c8-5(3-4-10)6-1-2-7(13-6)9(11)12/h1-2,5,10H,3-4,8H2/t5-/m1/s1. The van der Waals surface area contributed by atoms with Crippen molar-refractivity contribution in [2.75, 3.05) is 6.61 Å². The summed E-state index contributed by atoms with van der Waals surface area (Å²) in [6.07, 6.45) is 0.428. The van der Waals surface area contributed by atoms with E-state index in [0.717, 1.165) is 16.2 Å². The molecule has 0 aromatic carbocycles. The lowest BCUT2D eigenvalue weighted by Crippen LogP contribution is -2.09. The van der Waals surface area contributed by atoms with E-state index in [0.29, 0.717) is 6.42 Å². The molecular formula is C7H10N2O3S. The van der Waals surface area contributed by atoms with Gasteiger partial charge in [0.1, 0.15) is 0 Å². The average molecular weight is 202 g/mol. The van der Waals surface area contributed by atoms with Crippen LogP contribution in [-0.4, -0.2) is 16.6 Å². The molecule has 72 valence electrons. The predicted octanol–water partition coefficient (Wildman–Crippen LogP) is 1.04. The zero-order valence-electron chi connectivity index (χ0n) is 6.84. The van der Waals surface area contributed by atoms with Gasteiger partial charge in [-0.25, -0.2) is 0 Å². The molecule has 0 saturated heterocycles. The summed E-state index contributed by atoms with van der Waals surface area (Å²) in [5.41, 5.74) is 5.65. The monoisotopic (exact) mass is 202 g/mol. The maximum atomic E-state index is 10.3. The van der Waals surface area contributed by atoms with Crippen molar-refractivity contribution in [1.29, 1.82) is 0 Å². The van der Waals surface area contributed by atoms with Gasteiger partial charge in [0, 0.05) is 23.6 Å². The Morgan fingerprint density at radius 2 is 2.38 bits per heavy atom. The first-order chi connectivity index (χ1) is 6.15. The van der Waals surface area contributed by atoms with Gasteiger partial charge < -0.3 is 10.8 Å². The minimum atomic E-state index is -0.445. The molecular weight excluding hydrogens is 192 g/mol. The minimum Gasteiger partial charge on any atom is -0.396 e. The van der Waals surface area contributed by atoms with Gasteiger partial charge in [-0.2, -0.15) is 0 Å². The van der Waals surface area contributed by atoms with Gasteiger partial charge in [-0.15, -0.1) is 0 Å². The number of hydrogen-bond acceptors (Lipinski definition) is 5. The van der Waals surface area contributed by atoms with E-state index < -0.39 is 4.92 Å². The normalized spacial score (nSPS) is 12.8. The van der Waals surface area contributed by atoms with Crippen LogP contribution in [0.15, 0.2) is 12.1 Å². The van der Waals surface area contributed by atoms with E-state index in [1.165, 1.54) is 6.07 Å². The Morgan fingerprint density at radius 3 is 2.85 bits per heavy atom. The molecule has 0 spiro atoms. The van der Waals surface area contributed by atoms with E-state index in [9.17, 15) is 10.1 Å². The number of nitrogens with zero attached hydrogens (tertiary/aromatic N) is 1. The Bertz CT molecular complexity index is 300. The fourth-order valence-corrected chi connectivity index (χ4v) is 1.78. The largest absolute Gasteiger partial charge is 0.396 e. The molecule has 0 bridgehead atoms. The number of rotatable bonds is 4. The molecule has 0 radical (unpaired) electrons. The van der Waals surface area contributed by atoms with Gasteiger partial charge in [-0.3, -0.25) is 10.1 Å². The minimum absolute atomic E-state index is 0.00708.